The van der Waals surface area contributed by atoms with Crippen molar-refractivity contribution in [1.29, 1.82) is 0 Å². The second kappa shape index (κ2) is 5.76. The summed E-state index contributed by atoms with van der Waals surface area (Å²) in [5.74, 6) is -1.71. The van der Waals surface area contributed by atoms with Crippen molar-refractivity contribution < 1.29 is 38.1 Å². The maximum absolute atomic E-state index is 11.2. The molecule has 8 nitrogen and oxygen atoms in total. The van der Waals surface area contributed by atoms with Gasteiger partial charge in [-0.05, 0) is 0 Å². The Morgan fingerprint density at radius 1 is 0.850 bits per heavy atom. The van der Waals surface area contributed by atoms with Crippen molar-refractivity contribution in [2.24, 2.45) is 0 Å². The van der Waals surface area contributed by atoms with Gasteiger partial charge in [-0.2, -0.15) is 0 Å². The Kier molecular flexibility index (Phi) is 4.24. The fourth-order valence-corrected chi connectivity index (χ4v) is 2.31. The van der Waals surface area contributed by atoms with Crippen LogP contribution in [0.3, 0.4) is 0 Å². The number of hydrogen-bond donors (Lipinski definition) is 0. The molecule has 5 atom stereocenters. The highest BCUT2D eigenvalue weighted by Crippen LogP contribution is 2.33. The fourth-order valence-electron chi connectivity index (χ4n) is 2.31. The molecule has 0 spiro atoms. The van der Waals surface area contributed by atoms with Gasteiger partial charge in [0.15, 0.2) is 24.6 Å². The molecule has 2 saturated heterocycles. The SMILES string of the molecule is CC(=O)O[C@@H]1[C@@H](OC(C)=O)[C@H]2OC[C@@H](O2)[C@H]1OC(C)=O. The molecule has 0 unspecified atom stereocenters. The molecule has 2 aliphatic rings. The van der Waals surface area contributed by atoms with Crippen LogP contribution in [0.4, 0.5) is 0 Å². The molecule has 0 aromatic carbocycles. The molecule has 2 fully saturated rings. The largest absolute Gasteiger partial charge is 0.456 e. The van der Waals surface area contributed by atoms with Gasteiger partial charge in [0, 0.05) is 20.8 Å². The van der Waals surface area contributed by atoms with Crippen molar-refractivity contribution in [1.82, 2.24) is 0 Å². The molecule has 0 aromatic rings. The zero-order chi connectivity index (χ0) is 14.9. The molecule has 2 aliphatic heterocycles. The predicted octanol–water partition coefficient (Wildman–Crippen LogP) is -0.463. The fraction of sp³-hybridized carbons (Fsp3) is 0.750. The number of esters is 3. The highest BCUT2D eigenvalue weighted by Gasteiger charge is 2.55. The second-order valence-corrected chi connectivity index (χ2v) is 4.60. The van der Waals surface area contributed by atoms with E-state index in [0.717, 1.165) is 0 Å². The van der Waals surface area contributed by atoms with E-state index in [1.54, 1.807) is 0 Å². The third-order valence-electron chi connectivity index (χ3n) is 2.92. The number of carbonyl (C=O) groups excluding carboxylic acids is 3. The molecule has 2 heterocycles. The van der Waals surface area contributed by atoms with E-state index >= 15 is 0 Å². The first kappa shape index (κ1) is 14.7. The number of rotatable bonds is 3. The Hall–Kier alpha value is -1.67. The zero-order valence-electron chi connectivity index (χ0n) is 11.4. The normalized spacial score (nSPS) is 35.2. The van der Waals surface area contributed by atoms with Crippen molar-refractivity contribution in [3.63, 3.8) is 0 Å². The summed E-state index contributed by atoms with van der Waals surface area (Å²) >= 11 is 0. The first-order valence-corrected chi connectivity index (χ1v) is 6.17. The highest BCUT2D eigenvalue weighted by molar-refractivity contribution is 5.68. The zero-order valence-corrected chi connectivity index (χ0v) is 11.4. The van der Waals surface area contributed by atoms with E-state index in [-0.39, 0.29) is 6.61 Å². The van der Waals surface area contributed by atoms with Crippen LogP contribution < -0.4 is 0 Å². The van der Waals surface area contributed by atoms with Gasteiger partial charge in [0.05, 0.1) is 6.61 Å². The lowest BCUT2D eigenvalue weighted by Crippen LogP contribution is -2.58. The maximum Gasteiger partial charge on any atom is 0.303 e. The van der Waals surface area contributed by atoms with E-state index in [9.17, 15) is 14.4 Å². The molecule has 0 aliphatic carbocycles. The third-order valence-corrected chi connectivity index (χ3v) is 2.92. The molecule has 20 heavy (non-hydrogen) atoms. The van der Waals surface area contributed by atoms with Crippen molar-refractivity contribution in [2.45, 2.75) is 51.5 Å². The summed E-state index contributed by atoms with van der Waals surface area (Å²) in [5.41, 5.74) is 0. The molecular formula is C12H16O8. The van der Waals surface area contributed by atoms with Gasteiger partial charge >= 0.3 is 17.9 Å². The van der Waals surface area contributed by atoms with E-state index in [4.69, 9.17) is 23.7 Å². The topological polar surface area (TPSA) is 97.4 Å². The lowest BCUT2D eigenvalue weighted by molar-refractivity contribution is -0.250. The number of fused-ring (bicyclic) bond motifs is 2. The molecule has 0 amide bonds. The van der Waals surface area contributed by atoms with Crippen LogP contribution >= 0.6 is 0 Å². The summed E-state index contributed by atoms with van der Waals surface area (Å²) in [6, 6.07) is 0. The average molecular weight is 288 g/mol. The molecule has 2 bridgehead atoms. The predicted molar refractivity (Wildman–Crippen MR) is 61.3 cm³/mol. The minimum Gasteiger partial charge on any atom is -0.456 e. The minimum atomic E-state index is -0.973. The lowest BCUT2D eigenvalue weighted by atomic mass is 10.00. The average Bonchev–Trinajstić information content (AvgIpc) is 2.74. The van der Waals surface area contributed by atoms with Crippen molar-refractivity contribution in [3.05, 3.63) is 0 Å². The molecule has 112 valence electrons. The van der Waals surface area contributed by atoms with Crippen LogP contribution in [0.1, 0.15) is 20.8 Å². The van der Waals surface area contributed by atoms with E-state index < -0.39 is 48.6 Å². The van der Waals surface area contributed by atoms with Crippen LogP contribution in [0.15, 0.2) is 0 Å². The molecule has 2 rings (SSSR count). The van der Waals surface area contributed by atoms with Crippen LogP contribution in [0.2, 0.25) is 0 Å². The van der Waals surface area contributed by atoms with Crippen molar-refractivity contribution in [3.8, 4) is 0 Å². The van der Waals surface area contributed by atoms with Crippen LogP contribution in [0.5, 0.6) is 0 Å². The van der Waals surface area contributed by atoms with Gasteiger partial charge in [0.25, 0.3) is 0 Å². The highest BCUT2D eigenvalue weighted by atomic mass is 16.8. The first-order valence-electron chi connectivity index (χ1n) is 6.17. The molecule has 0 aromatic heterocycles. The summed E-state index contributed by atoms with van der Waals surface area (Å²) in [5, 5.41) is 0. The standard InChI is InChI=1S/C12H16O8/c1-5(13)17-9-8-4-16-12(20-8)11(19-7(3)15)10(9)18-6(2)14/h8-12H,4H2,1-3H3/t8-,9-,10+,11-,12+/m1/s1. The van der Waals surface area contributed by atoms with Crippen LogP contribution in [-0.2, 0) is 38.1 Å². The van der Waals surface area contributed by atoms with Gasteiger partial charge in [0.1, 0.15) is 6.10 Å². The Balaban J connectivity index is 2.24. The van der Waals surface area contributed by atoms with E-state index in [2.05, 4.69) is 0 Å². The Morgan fingerprint density at radius 3 is 1.90 bits per heavy atom. The van der Waals surface area contributed by atoms with E-state index in [0.29, 0.717) is 0 Å². The maximum atomic E-state index is 11.2. The van der Waals surface area contributed by atoms with Crippen LogP contribution in [-0.4, -0.2) is 55.2 Å². The van der Waals surface area contributed by atoms with Gasteiger partial charge < -0.3 is 23.7 Å². The van der Waals surface area contributed by atoms with Gasteiger partial charge in [-0.1, -0.05) is 0 Å². The van der Waals surface area contributed by atoms with Gasteiger partial charge in [-0.15, -0.1) is 0 Å². The number of carbonyl (C=O) groups is 3. The summed E-state index contributed by atoms with van der Waals surface area (Å²) in [7, 11) is 0. The monoisotopic (exact) mass is 288 g/mol. The third kappa shape index (κ3) is 3.07. The second-order valence-electron chi connectivity index (χ2n) is 4.60. The molecule has 0 saturated carbocycles. The number of ether oxygens (including phenoxy) is 5. The summed E-state index contributed by atoms with van der Waals surface area (Å²) in [4.78, 5) is 33.6. The molecule has 8 heteroatoms. The van der Waals surface area contributed by atoms with Gasteiger partial charge in [-0.25, -0.2) is 0 Å². The van der Waals surface area contributed by atoms with E-state index in [1.807, 2.05) is 0 Å². The summed E-state index contributed by atoms with van der Waals surface area (Å²) < 4.78 is 26.2. The van der Waals surface area contributed by atoms with Gasteiger partial charge in [0.2, 0.25) is 0 Å². The summed E-state index contributed by atoms with van der Waals surface area (Å²) in [6.07, 6.45) is -4.19. The molecule has 0 N–H and O–H groups in total. The smallest absolute Gasteiger partial charge is 0.303 e. The van der Waals surface area contributed by atoms with Crippen LogP contribution in [0.25, 0.3) is 0 Å². The van der Waals surface area contributed by atoms with Gasteiger partial charge in [-0.3, -0.25) is 14.4 Å². The minimum absolute atomic E-state index is 0.165. The van der Waals surface area contributed by atoms with Crippen molar-refractivity contribution >= 4 is 17.9 Å². The molecular weight excluding hydrogens is 272 g/mol. The Morgan fingerprint density at radius 2 is 1.35 bits per heavy atom. The lowest BCUT2D eigenvalue weighted by Gasteiger charge is -2.38. The Labute approximate surface area is 115 Å². The number of hydrogen-bond acceptors (Lipinski definition) is 8. The first-order chi connectivity index (χ1) is 9.38. The Bertz CT molecular complexity index is 390. The summed E-state index contributed by atoms with van der Waals surface area (Å²) in [6.45, 7) is 3.83. The molecule has 0 radical (unpaired) electrons. The quantitative estimate of drug-likeness (QED) is 0.508. The van der Waals surface area contributed by atoms with Crippen molar-refractivity contribution in [2.75, 3.05) is 6.61 Å². The van der Waals surface area contributed by atoms with E-state index in [1.165, 1.54) is 20.8 Å². The van der Waals surface area contributed by atoms with Crippen LogP contribution in [0, 0.1) is 0 Å².